The number of hydrogen-bond acceptors (Lipinski definition) is 4. The molecule has 2 amide bonds. The Kier molecular flexibility index (Phi) is 10.9. The number of sulfonamides is 1. The molecule has 0 radical (unpaired) electrons. The van der Waals surface area contributed by atoms with Gasteiger partial charge in [0.1, 0.15) is 12.6 Å². The topological polar surface area (TPSA) is 86.8 Å². The highest BCUT2D eigenvalue weighted by molar-refractivity contribution is 7.92. The van der Waals surface area contributed by atoms with Gasteiger partial charge < -0.3 is 10.2 Å². The van der Waals surface area contributed by atoms with Crippen molar-refractivity contribution in [1.29, 1.82) is 0 Å². The molecule has 0 bridgehead atoms. The molecule has 8 heteroatoms. The van der Waals surface area contributed by atoms with Gasteiger partial charge in [0.15, 0.2) is 0 Å². The smallest absolute Gasteiger partial charge is 0.264 e. The normalized spacial score (nSPS) is 12.0. The van der Waals surface area contributed by atoms with Crippen molar-refractivity contribution >= 4 is 27.5 Å². The van der Waals surface area contributed by atoms with Crippen molar-refractivity contribution in [2.45, 2.75) is 64.8 Å². The molecule has 3 rings (SSSR count). The molecule has 0 saturated heterocycles. The van der Waals surface area contributed by atoms with Gasteiger partial charge in [0.2, 0.25) is 11.8 Å². The van der Waals surface area contributed by atoms with Crippen molar-refractivity contribution in [3.8, 4) is 0 Å². The van der Waals surface area contributed by atoms with Crippen molar-refractivity contribution in [3.05, 3.63) is 95.1 Å². The van der Waals surface area contributed by atoms with Crippen LogP contribution < -0.4 is 9.62 Å². The number of nitrogens with zero attached hydrogens (tertiary/aromatic N) is 2. The first-order valence-electron chi connectivity index (χ1n) is 13.8. The van der Waals surface area contributed by atoms with E-state index in [9.17, 15) is 18.0 Å². The lowest BCUT2D eigenvalue weighted by Crippen LogP contribution is -2.52. The van der Waals surface area contributed by atoms with Gasteiger partial charge >= 0.3 is 0 Å². The average molecular weight is 564 g/mol. The number of carbonyl (C=O) groups excluding carboxylic acids is 2. The molecule has 0 unspecified atom stereocenters. The molecule has 0 saturated carbocycles. The van der Waals surface area contributed by atoms with E-state index in [1.807, 2.05) is 64.1 Å². The molecule has 0 fully saturated rings. The van der Waals surface area contributed by atoms with E-state index in [-0.39, 0.29) is 17.3 Å². The lowest BCUT2D eigenvalue weighted by Gasteiger charge is -2.32. The van der Waals surface area contributed by atoms with Crippen molar-refractivity contribution in [2.75, 3.05) is 23.9 Å². The number of benzene rings is 3. The monoisotopic (exact) mass is 563 g/mol. The fourth-order valence-electron chi connectivity index (χ4n) is 4.57. The Hall–Kier alpha value is -3.65. The van der Waals surface area contributed by atoms with Crippen LogP contribution in [0.15, 0.2) is 77.7 Å². The van der Waals surface area contributed by atoms with Crippen LogP contribution in [0.1, 0.15) is 48.9 Å². The van der Waals surface area contributed by atoms with Crippen LogP contribution in [0.4, 0.5) is 5.69 Å². The summed E-state index contributed by atoms with van der Waals surface area (Å²) < 4.78 is 29.1. The number of amides is 2. The zero-order chi connectivity index (χ0) is 29.3. The molecule has 1 atom stereocenters. The lowest BCUT2D eigenvalue weighted by atomic mass is 10.1. The third kappa shape index (κ3) is 8.18. The highest BCUT2D eigenvalue weighted by Gasteiger charge is 2.32. The second-order valence-electron chi connectivity index (χ2n) is 10.3. The van der Waals surface area contributed by atoms with E-state index in [4.69, 9.17) is 0 Å². The number of hydrogen-bond donors (Lipinski definition) is 1. The quantitative estimate of drug-likeness (QED) is 0.290. The van der Waals surface area contributed by atoms with Crippen molar-refractivity contribution in [3.63, 3.8) is 0 Å². The van der Waals surface area contributed by atoms with E-state index < -0.39 is 28.5 Å². The first-order valence-corrected chi connectivity index (χ1v) is 15.3. The molecule has 1 N–H and O–H groups in total. The minimum Gasteiger partial charge on any atom is -0.354 e. The summed E-state index contributed by atoms with van der Waals surface area (Å²) in [6.45, 7) is 9.78. The van der Waals surface area contributed by atoms with Gasteiger partial charge in [-0.2, -0.15) is 0 Å². The fourth-order valence-corrected chi connectivity index (χ4v) is 5.96. The first kappa shape index (κ1) is 30.9. The number of anilines is 1. The minimum absolute atomic E-state index is 0.103. The number of carbonyl (C=O) groups is 2. The zero-order valence-electron chi connectivity index (χ0n) is 24.2. The molecule has 0 aromatic heterocycles. The molecule has 0 aliphatic heterocycles. The van der Waals surface area contributed by atoms with Gasteiger partial charge in [-0.3, -0.25) is 13.9 Å². The lowest BCUT2D eigenvalue weighted by molar-refractivity contribution is -0.138. The molecule has 0 heterocycles. The molecule has 3 aromatic rings. The largest absolute Gasteiger partial charge is 0.354 e. The van der Waals surface area contributed by atoms with E-state index in [1.165, 1.54) is 4.90 Å². The Morgan fingerprint density at radius 3 is 2.10 bits per heavy atom. The van der Waals surface area contributed by atoms with Crippen LogP contribution >= 0.6 is 0 Å². The number of aryl methyl sites for hydroxylation is 3. The predicted molar refractivity (Wildman–Crippen MR) is 161 cm³/mol. The summed E-state index contributed by atoms with van der Waals surface area (Å²) in [7, 11) is -4.08. The van der Waals surface area contributed by atoms with Gasteiger partial charge in [0.05, 0.1) is 10.6 Å². The summed E-state index contributed by atoms with van der Waals surface area (Å²) >= 11 is 0. The third-order valence-corrected chi connectivity index (χ3v) is 8.65. The van der Waals surface area contributed by atoms with E-state index >= 15 is 0 Å². The molecule has 3 aromatic carbocycles. The summed E-state index contributed by atoms with van der Waals surface area (Å²) in [5, 5.41) is 2.91. The second kappa shape index (κ2) is 14.1. The fraction of sp³-hybridized carbons (Fsp3) is 0.375. The zero-order valence-corrected chi connectivity index (χ0v) is 25.0. The standard InChI is InChI=1S/C32H41N3O4S/c1-6-7-18-33-32(37)27(5)34(19-17-28-11-9-8-10-12-28)31(36)23-35(29-21-25(3)20-26(4)22-29)40(38,39)30-15-13-24(2)14-16-30/h8-16,20-22,27H,6-7,17-19,23H2,1-5H3,(H,33,37)/t27-/m1/s1. The van der Waals surface area contributed by atoms with Gasteiger partial charge in [-0.25, -0.2) is 8.42 Å². The Morgan fingerprint density at radius 2 is 1.50 bits per heavy atom. The third-order valence-electron chi connectivity index (χ3n) is 6.86. The predicted octanol–water partition coefficient (Wildman–Crippen LogP) is 5.18. The first-order chi connectivity index (χ1) is 19.0. The summed E-state index contributed by atoms with van der Waals surface area (Å²) in [4.78, 5) is 28.6. The molecule has 0 aliphatic rings. The highest BCUT2D eigenvalue weighted by atomic mass is 32.2. The van der Waals surface area contributed by atoms with Crippen molar-refractivity contribution < 1.29 is 18.0 Å². The van der Waals surface area contributed by atoms with Gasteiger partial charge in [0.25, 0.3) is 10.0 Å². The summed E-state index contributed by atoms with van der Waals surface area (Å²) in [6.07, 6.45) is 2.31. The van der Waals surface area contributed by atoms with Gasteiger partial charge in [0, 0.05) is 13.1 Å². The maximum Gasteiger partial charge on any atom is 0.264 e. The average Bonchev–Trinajstić information content (AvgIpc) is 2.92. The highest BCUT2D eigenvalue weighted by Crippen LogP contribution is 2.26. The molecular weight excluding hydrogens is 522 g/mol. The van der Waals surface area contributed by atoms with E-state index in [0.717, 1.165) is 39.4 Å². The van der Waals surface area contributed by atoms with E-state index in [0.29, 0.717) is 18.7 Å². The van der Waals surface area contributed by atoms with Gasteiger partial charge in [-0.05, 0) is 81.5 Å². The van der Waals surface area contributed by atoms with Crippen LogP contribution in [0.5, 0.6) is 0 Å². The van der Waals surface area contributed by atoms with Crippen LogP contribution in [-0.4, -0.2) is 50.8 Å². The molecule has 0 spiro atoms. The minimum atomic E-state index is -4.08. The number of unbranched alkanes of at least 4 members (excludes halogenated alkanes) is 1. The second-order valence-corrected chi connectivity index (χ2v) is 12.2. The van der Waals surface area contributed by atoms with Crippen LogP contribution in [0.3, 0.4) is 0 Å². The summed E-state index contributed by atoms with van der Waals surface area (Å²) in [5.41, 5.74) is 4.14. The molecule has 0 aliphatic carbocycles. The summed E-state index contributed by atoms with van der Waals surface area (Å²) in [6, 6.07) is 21.0. The number of nitrogens with one attached hydrogen (secondary N) is 1. The van der Waals surface area contributed by atoms with Crippen molar-refractivity contribution in [1.82, 2.24) is 10.2 Å². The van der Waals surface area contributed by atoms with Gasteiger partial charge in [-0.15, -0.1) is 0 Å². The SMILES string of the molecule is CCCCNC(=O)[C@@H](C)N(CCc1ccccc1)C(=O)CN(c1cc(C)cc(C)c1)S(=O)(=O)c1ccc(C)cc1. The number of rotatable bonds is 13. The van der Waals surface area contributed by atoms with Crippen LogP contribution in [0.2, 0.25) is 0 Å². The van der Waals surface area contributed by atoms with Crippen LogP contribution in [0, 0.1) is 20.8 Å². The van der Waals surface area contributed by atoms with E-state index in [2.05, 4.69) is 5.32 Å². The molecule has 214 valence electrons. The molecule has 7 nitrogen and oxygen atoms in total. The van der Waals surface area contributed by atoms with Crippen LogP contribution in [-0.2, 0) is 26.0 Å². The van der Waals surface area contributed by atoms with E-state index in [1.54, 1.807) is 43.3 Å². The molecule has 40 heavy (non-hydrogen) atoms. The van der Waals surface area contributed by atoms with Gasteiger partial charge in [-0.1, -0.05) is 67.4 Å². The maximum atomic E-state index is 14.0. The molecular formula is C32H41N3O4S. The maximum absolute atomic E-state index is 14.0. The Labute approximate surface area is 239 Å². The summed E-state index contributed by atoms with van der Waals surface area (Å²) in [5.74, 6) is -0.696. The van der Waals surface area contributed by atoms with Crippen LogP contribution in [0.25, 0.3) is 0 Å². The van der Waals surface area contributed by atoms with Crippen molar-refractivity contribution in [2.24, 2.45) is 0 Å². The Balaban J connectivity index is 1.98. The Morgan fingerprint density at radius 1 is 0.875 bits per heavy atom. The Bertz CT molecular complexity index is 1370.